The Hall–Kier alpha value is -2.09. The second-order valence-corrected chi connectivity index (χ2v) is 10.3. The topological polar surface area (TPSA) is 34.1 Å². The minimum Gasteiger partial charge on any atom is -0.302 e. The fourth-order valence-corrected chi connectivity index (χ4v) is 7.21. The van der Waals surface area contributed by atoms with Crippen molar-refractivity contribution < 1.29 is 9.36 Å². The van der Waals surface area contributed by atoms with E-state index in [0.717, 1.165) is 15.5 Å². The molecule has 0 heterocycles. The lowest BCUT2D eigenvalue weighted by molar-refractivity contribution is 0.101. The van der Waals surface area contributed by atoms with E-state index < -0.39 is 6.34 Å². The molecular weight excluding hydrogens is 335 g/mol. The van der Waals surface area contributed by atoms with Crippen molar-refractivity contribution in [2.24, 2.45) is 0 Å². The first-order chi connectivity index (χ1) is 11.6. The molecule has 0 aliphatic carbocycles. The molecule has 3 aromatic carbocycles. The molecule has 0 unspecified atom stereocenters. The molecule has 3 rings (SSSR count). The number of hydrogen-bond acceptors (Lipinski definition) is 3. The van der Waals surface area contributed by atoms with Crippen molar-refractivity contribution in [1.82, 2.24) is 0 Å². The van der Waals surface area contributed by atoms with Crippen molar-refractivity contribution in [3.8, 4) is 0 Å². The third-order valence-electron chi connectivity index (χ3n) is 3.69. The average Bonchev–Trinajstić information content (AvgIpc) is 2.63. The monoisotopic (exact) mass is 352 g/mol. The van der Waals surface area contributed by atoms with Crippen molar-refractivity contribution in [2.75, 3.05) is 0 Å². The van der Waals surface area contributed by atoms with Crippen LogP contribution >= 0.6 is 17.7 Å². The van der Waals surface area contributed by atoms with Gasteiger partial charge in [0.25, 0.3) is 0 Å². The molecular formula is C20H17O2PS. The fourth-order valence-electron chi connectivity index (χ4n) is 2.40. The van der Waals surface area contributed by atoms with E-state index in [-0.39, 0.29) is 5.78 Å². The lowest BCUT2D eigenvalue weighted by atomic mass is 10.2. The zero-order chi connectivity index (χ0) is 17.0. The van der Waals surface area contributed by atoms with Crippen LogP contribution < -0.4 is 10.6 Å². The van der Waals surface area contributed by atoms with E-state index in [4.69, 9.17) is 0 Å². The van der Waals surface area contributed by atoms with Gasteiger partial charge in [0, 0.05) is 21.1 Å². The first kappa shape index (κ1) is 16.8. The van der Waals surface area contributed by atoms with Crippen LogP contribution in [0.2, 0.25) is 0 Å². The summed E-state index contributed by atoms with van der Waals surface area (Å²) in [6.07, 6.45) is -2.85. The Kier molecular flexibility index (Phi) is 5.03. The highest BCUT2D eigenvalue weighted by Crippen LogP contribution is 2.59. The maximum atomic E-state index is 13.9. The second kappa shape index (κ2) is 7.21. The maximum Gasteiger partial charge on any atom is 0.199 e. The minimum absolute atomic E-state index is 0.0286. The predicted molar refractivity (Wildman–Crippen MR) is 102 cm³/mol. The van der Waals surface area contributed by atoms with E-state index in [1.54, 1.807) is 19.1 Å². The van der Waals surface area contributed by atoms with Crippen molar-refractivity contribution in [1.29, 1.82) is 0 Å². The van der Waals surface area contributed by atoms with Gasteiger partial charge in [0.1, 0.15) is 0 Å². The molecule has 0 bridgehead atoms. The molecule has 0 radical (unpaired) electrons. The molecule has 0 amide bonds. The summed E-state index contributed by atoms with van der Waals surface area (Å²) in [5, 5.41) is 1.63. The van der Waals surface area contributed by atoms with E-state index in [0.29, 0.717) is 5.56 Å². The van der Waals surface area contributed by atoms with E-state index in [1.165, 1.54) is 11.4 Å². The summed E-state index contributed by atoms with van der Waals surface area (Å²) in [5.74, 6) is 0.0286. The third-order valence-corrected chi connectivity index (χ3v) is 9.05. The van der Waals surface area contributed by atoms with Crippen LogP contribution in [-0.2, 0) is 4.57 Å². The highest BCUT2D eigenvalue weighted by molar-refractivity contribution is 8.62. The largest absolute Gasteiger partial charge is 0.302 e. The van der Waals surface area contributed by atoms with Crippen LogP contribution in [0.4, 0.5) is 0 Å². The number of hydrogen-bond donors (Lipinski definition) is 0. The molecule has 0 fully saturated rings. The Balaban J connectivity index is 2.03. The van der Waals surface area contributed by atoms with Gasteiger partial charge < -0.3 is 4.57 Å². The number of benzene rings is 3. The maximum absolute atomic E-state index is 13.9. The van der Waals surface area contributed by atoms with Gasteiger partial charge in [0.05, 0.1) is 0 Å². The van der Waals surface area contributed by atoms with Gasteiger partial charge in [-0.2, -0.15) is 0 Å². The van der Waals surface area contributed by atoms with E-state index >= 15 is 0 Å². The molecule has 120 valence electrons. The Morgan fingerprint density at radius 2 is 1.21 bits per heavy atom. The normalized spacial score (nSPS) is 11.2. The minimum atomic E-state index is -2.85. The van der Waals surface area contributed by atoms with Gasteiger partial charge in [-0.3, -0.25) is 4.79 Å². The second-order valence-electron chi connectivity index (χ2n) is 5.39. The molecule has 2 nitrogen and oxygen atoms in total. The summed E-state index contributed by atoms with van der Waals surface area (Å²) in [5.41, 5.74) is 0.661. The van der Waals surface area contributed by atoms with Gasteiger partial charge in [-0.25, -0.2) is 0 Å². The quantitative estimate of drug-likeness (QED) is 0.483. The predicted octanol–water partition coefficient (Wildman–Crippen LogP) is 4.91. The Bertz CT molecular complexity index is 831. The van der Waals surface area contributed by atoms with Crippen LogP contribution in [0.3, 0.4) is 0 Å². The summed E-state index contributed by atoms with van der Waals surface area (Å²) in [6, 6.07) is 26.4. The van der Waals surface area contributed by atoms with E-state index in [9.17, 15) is 9.36 Å². The number of Topliss-reactive ketones (excluding diaryl/α,β-unsaturated/α-hetero) is 1. The first-order valence-electron chi connectivity index (χ1n) is 7.61. The fraction of sp³-hybridized carbons (Fsp3) is 0.0500. The Morgan fingerprint density at radius 1 is 0.750 bits per heavy atom. The molecule has 0 saturated carbocycles. The van der Waals surface area contributed by atoms with Crippen LogP contribution in [0.5, 0.6) is 0 Å². The van der Waals surface area contributed by atoms with Crippen LogP contribution in [0.15, 0.2) is 89.8 Å². The van der Waals surface area contributed by atoms with Crippen molar-refractivity contribution in [2.45, 2.75) is 11.8 Å². The molecule has 24 heavy (non-hydrogen) atoms. The molecule has 0 aliphatic rings. The molecule has 0 atom stereocenters. The van der Waals surface area contributed by atoms with Crippen LogP contribution in [0.25, 0.3) is 0 Å². The van der Waals surface area contributed by atoms with Gasteiger partial charge in [-0.1, -0.05) is 84.2 Å². The third kappa shape index (κ3) is 3.53. The van der Waals surface area contributed by atoms with Gasteiger partial charge in [0.2, 0.25) is 0 Å². The Labute approximate surface area is 146 Å². The molecule has 3 aromatic rings. The average molecular weight is 352 g/mol. The van der Waals surface area contributed by atoms with Crippen molar-refractivity contribution in [3.05, 3.63) is 90.5 Å². The molecule has 0 saturated heterocycles. The van der Waals surface area contributed by atoms with Crippen molar-refractivity contribution in [3.63, 3.8) is 0 Å². The summed E-state index contributed by atoms with van der Waals surface area (Å²) in [7, 11) is 0. The van der Waals surface area contributed by atoms with Crippen LogP contribution in [0.1, 0.15) is 17.3 Å². The molecule has 4 heteroatoms. The smallest absolute Gasteiger partial charge is 0.199 e. The summed E-state index contributed by atoms with van der Waals surface area (Å²) in [6.45, 7) is 1.54. The summed E-state index contributed by atoms with van der Waals surface area (Å²) in [4.78, 5) is 12.3. The van der Waals surface area contributed by atoms with Crippen LogP contribution in [0, 0.1) is 0 Å². The summed E-state index contributed by atoms with van der Waals surface area (Å²) < 4.78 is 13.9. The molecule has 0 N–H and O–H groups in total. The summed E-state index contributed by atoms with van der Waals surface area (Å²) >= 11 is 1.36. The van der Waals surface area contributed by atoms with E-state index in [2.05, 4.69) is 0 Å². The molecule has 0 spiro atoms. The lowest BCUT2D eigenvalue weighted by Crippen LogP contribution is -2.13. The van der Waals surface area contributed by atoms with E-state index in [1.807, 2.05) is 72.8 Å². The number of carbonyl (C=O) groups is 1. The molecule has 0 aromatic heterocycles. The van der Waals surface area contributed by atoms with Crippen molar-refractivity contribution >= 4 is 34.1 Å². The highest BCUT2D eigenvalue weighted by atomic mass is 32.7. The highest BCUT2D eigenvalue weighted by Gasteiger charge is 2.28. The standard InChI is InChI=1S/C20H17O2PS/c1-16(21)17-12-14-20(15-13-17)24-23(22,18-8-4-2-5-9-18)19-10-6-3-7-11-19/h2-15H,1H3. The van der Waals surface area contributed by atoms with Gasteiger partial charge in [-0.15, -0.1) is 0 Å². The molecule has 0 aliphatic heterocycles. The van der Waals surface area contributed by atoms with Gasteiger partial charge >= 0.3 is 0 Å². The SMILES string of the molecule is CC(=O)c1ccc(SP(=O)(c2ccccc2)c2ccccc2)cc1. The zero-order valence-corrected chi connectivity index (χ0v) is 15.0. The lowest BCUT2D eigenvalue weighted by Gasteiger charge is -2.18. The number of ketones is 1. The van der Waals surface area contributed by atoms with Gasteiger partial charge in [0.15, 0.2) is 12.1 Å². The van der Waals surface area contributed by atoms with Crippen LogP contribution in [-0.4, -0.2) is 5.78 Å². The zero-order valence-electron chi connectivity index (χ0n) is 13.3. The first-order valence-corrected chi connectivity index (χ1v) is 10.7. The number of carbonyl (C=O) groups excluding carboxylic acids is 1. The van der Waals surface area contributed by atoms with Gasteiger partial charge in [-0.05, 0) is 19.1 Å². The number of rotatable bonds is 5. The Morgan fingerprint density at radius 3 is 1.62 bits per heavy atom.